The highest BCUT2D eigenvalue weighted by Gasteiger charge is 2.54. The van der Waals surface area contributed by atoms with E-state index in [0.29, 0.717) is 0 Å². The third-order valence-corrected chi connectivity index (χ3v) is 5.59. The van der Waals surface area contributed by atoms with E-state index < -0.39 is 41.3 Å². The zero-order valence-corrected chi connectivity index (χ0v) is 16.4. The van der Waals surface area contributed by atoms with Crippen LogP contribution in [0.15, 0.2) is 24.3 Å². The molecule has 2 aliphatic rings. The zero-order valence-electron chi connectivity index (χ0n) is 16.4. The summed E-state index contributed by atoms with van der Waals surface area (Å²) in [5.41, 5.74) is -2.66. The lowest BCUT2D eigenvalue weighted by atomic mass is 9.75. The Morgan fingerprint density at radius 1 is 1.20 bits per heavy atom. The summed E-state index contributed by atoms with van der Waals surface area (Å²) in [7, 11) is 0. The fourth-order valence-electron chi connectivity index (χ4n) is 3.97. The monoisotopic (exact) mass is 425 g/mol. The number of hydrogen-bond donors (Lipinski definition) is 1. The summed E-state index contributed by atoms with van der Waals surface area (Å²) in [6, 6.07) is 4.24. The average molecular weight is 425 g/mol. The van der Waals surface area contributed by atoms with Gasteiger partial charge in [0.1, 0.15) is 0 Å². The van der Waals surface area contributed by atoms with Gasteiger partial charge >= 0.3 is 6.18 Å². The molecule has 30 heavy (non-hydrogen) atoms. The molecule has 2 aliphatic heterocycles. The molecule has 0 radical (unpaired) electrons. The van der Waals surface area contributed by atoms with E-state index in [1.165, 1.54) is 17.0 Å². The van der Waals surface area contributed by atoms with Crippen LogP contribution < -0.4 is 5.32 Å². The number of alkyl halides is 3. The van der Waals surface area contributed by atoms with Crippen molar-refractivity contribution in [3.05, 3.63) is 35.4 Å². The molecule has 2 saturated heterocycles. The van der Waals surface area contributed by atoms with E-state index in [1.807, 2.05) is 0 Å². The maximum absolute atomic E-state index is 13.3. The topological polar surface area (TPSA) is 86.8 Å². The highest BCUT2D eigenvalue weighted by molar-refractivity contribution is 6.10. The van der Waals surface area contributed by atoms with Crippen molar-refractivity contribution in [2.45, 2.75) is 37.8 Å². The second kappa shape index (κ2) is 8.08. The minimum atomic E-state index is -4.63. The number of amides is 4. The SMILES string of the molecule is CCN1C(=O)C[C@@](CC(=O)N2CCNC(=O)CC2)(c2cccc(C(F)(F)F)c2)C1=O. The second-order valence-electron chi connectivity index (χ2n) is 7.44. The lowest BCUT2D eigenvalue weighted by Crippen LogP contribution is -2.44. The standard InChI is InChI=1S/C20H22F3N3O4/c1-2-26-17(29)12-19(18(26)30,13-4-3-5-14(10-13)20(21,22)23)11-16(28)25-8-6-15(27)24-7-9-25/h3-5,10H,2,6-9,11-12H2,1H3,(H,24,27)/t19-/m0/s1. The molecule has 2 heterocycles. The molecule has 1 N–H and O–H groups in total. The molecule has 10 heteroatoms. The Morgan fingerprint density at radius 3 is 2.57 bits per heavy atom. The van der Waals surface area contributed by atoms with E-state index in [2.05, 4.69) is 5.32 Å². The first kappa shape index (κ1) is 21.8. The van der Waals surface area contributed by atoms with E-state index in [4.69, 9.17) is 0 Å². The van der Waals surface area contributed by atoms with E-state index >= 15 is 0 Å². The lowest BCUT2D eigenvalue weighted by Gasteiger charge is -2.30. The van der Waals surface area contributed by atoms with Gasteiger partial charge in [0, 0.05) is 45.4 Å². The first-order chi connectivity index (χ1) is 14.1. The molecule has 1 atom stereocenters. The fraction of sp³-hybridized carbons (Fsp3) is 0.500. The summed E-state index contributed by atoms with van der Waals surface area (Å²) < 4.78 is 39.8. The number of likely N-dealkylation sites (tertiary alicyclic amines) is 1. The predicted molar refractivity (Wildman–Crippen MR) is 99.0 cm³/mol. The van der Waals surface area contributed by atoms with E-state index in [-0.39, 0.29) is 50.5 Å². The summed E-state index contributed by atoms with van der Waals surface area (Å²) in [5.74, 6) is -1.89. The molecule has 7 nitrogen and oxygen atoms in total. The highest BCUT2D eigenvalue weighted by Crippen LogP contribution is 2.42. The quantitative estimate of drug-likeness (QED) is 0.740. The van der Waals surface area contributed by atoms with E-state index in [0.717, 1.165) is 17.0 Å². The largest absolute Gasteiger partial charge is 0.416 e. The van der Waals surface area contributed by atoms with Crippen LogP contribution in [-0.2, 0) is 30.8 Å². The summed E-state index contributed by atoms with van der Waals surface area (Å²) in [5, 5.41) is 2.63. The van der Waals surface area contributed by atoms with Gasteiger partial charge in [-0.2, -0.15) is 13.2 Å². The fourth-order valence-corrected chi connectivity index (χ4v) is 3.97. The minimum absolute atomic E-state index is 0.0102. The third-order valence-electron chi connectivity index (χ3n) is 5.59. The molecule has 2 fully saturated rings. The van der Waals surface area contributed by atoms with Crippen LogP contribution in [0.5, 0.6) is 0 Å². The first-order valence-electron chi connectivity index (χ1n) is 9.65. The number of halogens is 3. The molecule has 0 unspecified atom stereocenters. The van der Waals surface area contributed by atoms with Crippen molar-refractivity contribution in [2.75, 3.05) is 26.2 Å². The molecule has 3 rings (SSSR count). The molecule has 162 valence electrons. The van der Waals surface area contributed by atoms with Gasteiger partial charge in [-0.05, 0) is 18.6 Å². The number of carbonyl (C=O) groups excluding carboxylic acids is 4. The highest BCUT2D eigenvalue weighted by atomic mass is 19.4. The average Bonchev–Trinajstić information content (AvgIpc) is 2.82. The van der Waals surface area contributed by atoms with Gasteiger partial charge in [-0.25, -0.2) is 0 Å². The normalized spacial score (nSPS) is 22.9. The van der Waals surface area contributed by atoms with Crippen LogP contribution in [0.4, 0.5) is 13.2 Å². The predicted octanol–water partition coefficient (Wildman–Crippen LogP) is 1.46. The van der Waals surface area contributed by atoms with Crippen molar-refractivity contribution in [1.82, 2.24) is 15.1 Å². The molecule has 0 bridgehead atoms. The first-order valence-corrected chi connectivity index (χ1v) is 9.65. The van der Waals surface area contributed by atoms with Crippen molar-refractivity contribution in [3.8, 4) is 0 Å². The lowest BCUT2D eigenvalue weighted by molar-refractivity contribution is -0.143. The molecular weight excluding hydrogens is 403 g/mol. The maximum atomic E-state index is 13.3. The summed E-state index contributed by atoms with van der Waals surface area (Å²) in [6.45, 7) is 2.27. The van der Waals surface area contributed by atoms with Gasteiger partial charge in [-0.1, -0.05) is 18.2 Å². The van der Waals surface area contributed by atoms with Crippen molar-refractivity contribution < 1.29 is 32.3 Å². The van der Waals surface area contributed by atoms with Crippen LogP contribution in [0.1, 0.15) is 37.3 Å². The number of imide groups is 1. The van der Waals surface area contributed by atoms with E-state index in [9.17, 15) is 32.3 Å². The molecule has 1 aromatic carbocycles. The summed E-state index contributed by atoms with van der Waals surface area (Å²) >= 11 is 0. The molecule has 0 saturated carbocycles. The third kappa shape index (κ3) is 4.03. The number of likely N-dealkylation sites (N-methyl/N-ethyl adjacent to an activating group) is 1. The van der Waals surface area contributed by atoms with Crippen LogP contribution in [-0.4, -0.2) is 59.6 Å². The maximum Gasteiger partial charge on any atom is 0.416 e. The van der Waals surface area contributed by atoms with Gasteiger partial charge in [0.15, 0.2) is 0 Å². The van der Waals surface area contributed by atoms with Crippen molar-refractivity contribution in [1.29, 1.82) is 0 Å². The number of nitrogens with zero attached hydrogens (tertiary/aromatic N) is 2. The summed E-state index contributed by atoms with van der Waals surface area (Å²) in [6.07, 6.45) is -5.36. The minimum Gasteiger partial charge on any atom is -0.354 e. The Labute approximate surface area is 171 Å². The smallest absolute Gasteiger partial charge is 0.354 e. The molecule has 4 amide bonds. The molecular formula is C20H22F3N3O4. The van der Waals surface area contributed by atoms with Crippen molar-refractivity contribution >= 4 is 23.6 Å². The number of benzene rings is 1. The Balaban J connectivity index is 2.00. The molecule has 0 aliphatic carbocycles. The van der Waals surface area contributed by atoms with Gasteiger partial charge in [0.25, 0.3) is 0 Å². The van der Waals surface area contributed by atoms with Crippen molar-refractivity contribution in [3.63, 3.8) is 0 Å². The Kier molecular flexibility index (Phi) is 5.87. The number of nitrogens with one attached hydrogen (secondary N) is 1. The Hall–Kier alpha value is -2.91. The van der Waals surface area contributed by atoms with Gasteiger partial charge in [0.05, 0.1) is 11.0 Å². The Bertz CT molecular complexity index is 886. The van der Waals surface area contributed by atoms with Crippen LogP contribution >= 0.6 is 0 Å². The van der Waals surface area contributed by atoms with Crippen LogP contribution in [0.3, 0.4) is 0 Å². The van der Waals surface area contributed by atoms with Gasteiger partial charge in [-0.15, -0.1) is 0 Å². The van der Waals surface area contributed by atoms with E-state index in [1.54, 1.807) is 6.92 Å². The number of carbonyl (C=O) groups is 4. The van der Waals surface area contributed by atoms with Crippen LogP contribution in [0.2, 0.25) is 0 Å². The molecule has 1 aromatic rings. The number of rotatable bonds is 4. The summed E-state index contributed by atoms with van der Waals surface area (Å²) in [4.78, 5) is 52.5. The zero-order chi connectivity index (χ0) is 22.1. The van der Waals surface area contributed by atoms with Crippen LogP contribution in [0.25, 0.3) is 0 Å². The molecule has 0 aromatic heterocycles. The Morgan fingerprint density at radius 2 is 1.93 bits per heavy atom. The molecule has 0 spiro atoms. The van der Waals surface area contributed by atoms with Crippen molar-refractivity contribution in [2.24, 2.45) is 0 Å². The second-order valence-corrected chi connectivity index (χ2v) is 7.44. The number of hydrogen-bond acceptors (Lipinski definition) is 4. The van der Waals surface area contributed by atoms with Gasteiger partial charge < -0.3 is 10.2 Å². The van der Waals surface area contributed by atoms with Gasteiger partial charge in [-0.3, -0.25) is 24.1 Å². The van der Waals surface area contributed by atoms with Crippen LogP contribution in [0, 0.1) is 0 Å². The van der Waals surface area contributed by atoms with Gasteiger partial charge in [0.2, 0.25) is 23.6 Å².